The first kappa shape index (κ1) is 26.7. The SMILES string of the molecule is O=C1OCCN1C(=O)N(CCCN1CCC2(CC1)c1ccccc1[S+]([O-])c1ccccc12)c1ccc(F)c(F)c1. The fourth-order valence-electron chi connectivity index (χ4n) is 6.16. The molecule has 7 nitrogen and oxygen atoms in total. The van der Waals surface area contributed by atoms with Crippen LogP contribution >= 0.6 is 0 Å². The highest BCUT2D eigenvalue weighted by atomic mass is 32.2. The number of rotatable bonds is 5. The molecule has 208 valence electrons. The molecule has 0 saturated carbocycles. The Morgan fingerprint density at radius 1 is 0.950 bits per heavy atom. The lowest BCUT2D eigenvalue weighted by molar-refractivity contribution is 0.159. The number of benzene rings is 3. The highest BCUT2D eigenvalue weighted by Crippen LogP contribution is 2.51. The van der Waals surface area contributed by atoms with Crippen molar-refractivity contribution in [3.63, 3.8) is 0 Å². The molecule has 0 aliphatic carbocycles. The topological polar surface area (TPSA) is 76.2 Å². The second-order valence-electron chi connectivity index (χ2n) is 10.3. The highest BCUT2D eigenvalue weighted by Gasteiger charge is 2.48. The molecule has 0 atom stereocenters. The summed E-state index contributed by atoms with van der Waals surface area (Å²) in [5, 5.41) is 0. The molecule has 3 aliphatic heterocycles. The average Bonchev–Trinajstić information content (AvgIpc) is 3.42. The minimum atomic E-state index is -1.20. The molecule has 3 aromatic rings. The third-order valence-corrected chi connectivity index (χ3v) is 9.72. The quantitative estimate of drug-likeness (QED) is 0.393. The van der Waals surface area contributed by atoms with Gasteiger partial charge in [-0.2, -0.15) is 0 Å². The van der Waals surface area contributed by atoms with Crippen molar-refractivity contribution < 1.29 is 27.7 Å². The average molecular weight is 566 g/mol. The maximum absolute atomic E-state index is 14.0. The van der Waals surface area contributed by atoms with Gasteiger partial charge < -0.3 is 14.2 Å². The van der Waals surface area contributed by atoms with E-state index in [9.17, 15) is 22.9 Å². The van der Waals surface area contributed by atoms with Crippen molar-refractivity contribution in [3.05, 3.63) is 89.5 Å². The van der Waals surface area contributed by atoms with Crippen LogP contribution in [0.3, 0.4) is 0 Å². The maximum atomic E-state index is 14.0. The molecular formula is C30H29F2N3O4S. The van der Waals surface area contributed by atoms with E-state index in [4.69, 9.17) is 4.74 Å². The number of cyclic esters (lactones) is 1. The normalized spacial score (nSPS) is 18.4. The first-order chi connectivity index (χ1) is 19.4. The van der Waals surface area contributed by atoms with Gasteiger partial charge >= 0.3 is 12.1 Å². The smallest absolute Gasteiger partial charge is 0.418 e. The van der Waals surface area contributed by atoms with Gasteiger partial charge in [0.1, 0.15) is 6.61 Å². The van der Waals surface area contributed by atoms with Crippen molar-refractivity contribution in [1.29, 1.82) is 0 Å². The second-order valence-corrected chi connectivity index (χ2v) is 11.8. The lowest BCUT2D eigenvalue weighted by atomic mass is 9.67. The number of urea groups is 1. The number of carbonyl (C=O) groups is 2. The van der Waals surface area contributed by atoms with Gasteiger partial charge in [0.15, 0.2) is 21.4 Å². The fraction of sp³-hybridized carbons (Fsp3) is 0.333. The van der Waals surface area contributed by atoms with Crippen LogP contribution in [0.5, 0.6) is 0 Å². The summed E-state index contributed by atoms with van der Waals surface area (Å²) in [5.41, 5.74) is 2.25. The molecule has 6 rings (SSSR count). The molecular weight excluding hydrogens is 536 g/mol. The van der Waals surface area contributed by atoms with Gasteiger partial charge in [-0.1, -0.05) is 36.4 Å². The zero-order valence-electron chi connectivity index (χ0n) is 21.9. The Hall–Kier alpha value is -3.47. The molecule has 1 spiro atoms. The van der Waals surface area contributed by atoms with E-state index in [0.29, 0.717) is 13.0 Å². The molecule has 3 aliphatic rings. The zero-order valence-corrected chi connectivity index (χ0v) is 22.7. The number of halogens is 2. The van der Waals surface area contributed by atoms with E-state index in [2.05, 4.69) is 17.0 Å². The number of hydrogen-bond acceptors (Lipinski definition) is 5. The van der Waals surface area contributed by atoms with Crippen molar-refractivity contribution in [1.82, 2.24) is 9.80 Å². The Morgan fingerprint density at radius 2 is 1.60 bits per heavy atom. The van der Waals surface area contributed by atoms with E-state index >= 15 is 0 Å². The fourth-order valence-corrected chi connectivity index (χ4v) is 7.73. The molecule has 3 aromatic carbocycles. The van der Waals surface area contributed by atoms with E-state index in [1.54, 1.807) is 0 Å². The first-order valence-electron chi connectivity index (χ1n) is 13.4. The van der Waals surface area contributed by atoms with E-state index < -0.39 is 34.9 Å². The van der Waals surface area contributed by atoms with Crippen LogP contribution in [0.4, 0.5) is 24.1 Å². The molecule has 2 fully saturated rings. The summed E-state index contributed by atoms with van der Waals surface area (Å²) in [6.45, 7) is 2.74. The van der Waals surface area contributed by atoms with E-state index in [1.807, 2.05) is 36.4 Å². The molecule has 10 heteroatoms. The summed E-state index contributed by atoms with van der Waals surface area (Å²) >= 11 is -1.20. The largest absolute Gasteiger partial charge is 0.606 e. The predicted octanol–water partition coefficient (Wildman–Crippen LogP) is 5.30. The van der Waals surface area contributed by atoms with E-state index in [0.717, 1.165) is 63.9 Å². The number of piperidine rings is 1. The third kappa shape index (κ3) is 4.63. The Kier molecular flexibility index (Phi) is 7.24. The lowest BCUT2D eigenvalue weighted by Gasteiger charge is -2.45. The van der Waals surface area contributed by atoms with Crippen molar-refractivity contribution in [3.8, 4) is 0 Å². The number of imide groups is 1. The summed E-state index contributed by atoms with van der Waals surface area (Å²) in [5.74, 6) is -2.07. The number of carbonyl (C=O) groups excluding carboxylic acids is 2. The minimum Gasteiger partial charge on any atom is -0.606 e. The van der Waals surface area contributed by atoms with Crippen LogP contribution in [0.25, 0.3) is 0 Å². The minimum absolute atomic E-state index is 0.103. The van der Waals surface area contributed by atoms with Gasteiger partial charge in [0, 0.05) is 46.0 Å². The molecule has 0 unspecified atom stereocenters. The molecule has 40 heavy (non-hydrogen) atoms. The number of hydrogen-bond donors (Lipinski definition) is 0. The number of ether oxygens (including phenoxy) is 1. The van der Waals surface area contributed by atoms with Gasteiger partial charge in [-0.05, 0) is 63.2 Å². The third-order valence-electron chi connectivity index (χ3n) is 8.21. The number of nitrogens with zero attached hydrogens (tertiary/aromatic N) is 3. The number of fused-ring (bicyclic) bond motifs is 4. The molecule has 3 amide bonds. The Morgan fingerprint density at radius 3 is 2.20 bits per heavy atom. The molecule has 3 heterocycles. The van der Waals surface area contributed by atoms with Crippen molar-refractivity contribution in [2.45, 2.75) is 34.5 Å². The van der Waals surface area contributed by atoms with E-state index in [1.165, 1.54) is 11.0 Å². The van der Waals surface area contributed by atoms with Crippen molar-refractivity contribution >= 4 is 29.0 Å². The van der Waals surface area contributed by atoms with Crippen molar-refractivity contribution in [2.75, 3.05) is 44.2 Å². The maximum Gasteiger partial charge on any atom is 0.418 e. The Bertz CT molecular complexity index is 1400. The molecule has 0 radical (unpaired) electrons. The van der Waals surface area contributed by atoms with Crippen LogP contribution in [0, 0.1) is 11.6 Å². The van der Waals surface area contributed by atoms with Crippen LogP contribution in [0.1, 0.15) is 30.4 Å². The van der Waals surface area contributed by atoms with Crippen LogP contribution < -0.4 is 4.90 Å². The Labute approximate surface area is 234 Å². The van der Waals surface area contributed by atoms with Gasteiger partial charge in [0.2, 0.25) is 0 Å². The molecule has 0 bridgehead atoms. The second kappa shape index (κ2) is 10.8. The predicted molar refractivity (Wildman–Crippen MR) is 146 cm³/mol. The summed E-state index contributed by atoms with van der Waals surface area (Å²) in [4.78, 5) is 31.6. The van der Waals surface area contributed by atoms with Gasteiger partial charge in [-0.3, -0.25) is 4.90 Å². The highest BCUT2D eigenvalue weighted by molar-refractivity contribution is 7.91. The number of anilines is 1. The number of amides is 3. The molecule has 0 N–H and O–H groups in total. The van der Waals surface area contributed by atoms with Gasteiger partial charge in [0.05, 0.1) is 6.54 Å². The monoisotopic (exact) mass is 565 g/mol. The zero-order chi connectivity index (χ0) is 27.9. The molecule has 2 saturated heterocycles. The summed E-state index contributed by atoms with van der Waals surface area (Å²) in [7, 11) is 0. The van der Waals surface area contributed by atoms with Crippen LogP contribution in [-0.4, -0.2) is 65.8 Å². The standard InChI is InChI=1S/C30H29F2N3O4S/c31-24-11-10-21(20-25(24)32)34(28(36)35-18-19-39-29(35)37)15-5-14-33-16-12-30(13-17-33)22-6-1-3-8-26(22)40(38)27-9-4-2-7-23(27)30/h1-4,6-11,20H,5,12-19H2. The summed E-state index contributed by atoms with van der Waals surface area (Å²) in [6.07, 6.45) is 1.55. The first-order valence-corrected chi connectivity index (χ1v) is 14.6. The van der Waals surface area contributed by atoms with Crippen LogP contribution in [-0.2, 0) is 21.3 Å². The Balaban J connectivity index is 1.16. The van der Waals surface area contributed by atoms with Gasteiger partial charge in [-0.25, -0.2) is 23.3 Å². The van der Waals surface area contributed by atoms with Crippen LogP contribution in [0.2, 0.25) is 0 Å². The molecule has 0 aromatic heterocycles. The number of likely N-dealkylation sites (tertiary alicyclic amines) is 1. The summed E-state index contributed by atoms with van der Waals surface area (Å²) in [6, 6.07) is 18.7. The van der Waals surface area contributed by atoms with Gasteiger partial charge in [0.25, 0.3) is 0 Å². The van der Waals surface area contributed by atoms with Crippen molar-refractivity contribution in [2.24, 2.45) is 0 Å². The summed E-state index contributed by atoms with van der Waals surface area (Å²) < 4.78 is 45.9. The van der Waals surface area contributed by atoms with E-state index in [-0.39, 0.29) is 30.8 Å². The lowest BCUT2D eigenvalue weighted by Crippen LogP contribution is -2.47. The van der Waals surface area contributed by atoms with Gasteiger partial charge in [-0.15, -0.1) is 0 Å². The van der Waals surface area contributed by atoms with Crippen LogP contribution in [0.15, 0.2) is 76.5 Å².